The van der Waals surface area contributed by atoms with Crippen LogP contribution >= 0.6 is 0 Å². The summed E-state index contributed by atoms with van der Waals surface area (Å²) in [4.78, 5) is 14.6. The van der Waals surface area contributed by atoms with Crippen molar-refractivity contribution in [3.8, 4) is 0 Å². The van der Waals surface area contributed by atoms with Crippen LogP contribution < -0.4 is 9.62 Å². The second kappa shape index (κ2) is 6.31. The molecule has 1 fully saturated rings. The molecule has 21 heavy (non-hydrogen) atoms. The van der Waals surface area contributed by atoms with E-state index >= 15 is 0 Å². The van der Waals surface area contributed by atoms with Gasteiger partial charge in [-0.25, -0.2) is 0 Å². The molecule has 116 valence electrons. The van der Waals surface area contributed by atoms with Gasteiger partial charge in [0.15, 0.2) is 0 Å². The van der Waals surface area contributed by atoms with Crippen molar-refractivity contribution in [2.24, 2.45) is 0 Å². The lowest BCUT2D eigenvalue weighted by Gasteiger charge is -2.34. The summed E-state index contributed by atoms with van der Waals surface area (Å²) in [5.74, 6) is 0. The number of nitrogens with one attached hydrogen (secondary N) is 1. The van der Waals surface area contributed by atoms with Crippen molar-refractivity contribution in [2.75, 3.05) is 49.9 Å². The van der Waals surface area contributed by atoms with Gasteiger partial charge in [-0.2, -0.15) is 12.7 Å². The fourth-order valence-corrected chi connectivity index (χ4v) is 2.68. The Morgan fingerprint density at radius 3 is 2.14 bits per heavy atom. The van der Waals surface area contributed by atoms with Crippen molar-refractivity contribution in [2.45, 2.75) is 0 Å². The Hall–Kier alpha value is -1.80. The molecule has 1 aliphatic heterocycles. The molecule has 1 heterocycles. The maximum absolute atomic E-state index is 11.7. The van der Waals surface area contributed by atoms with E-state index in [1.54, 1.807) is 17.0 Å². The number of piperazine rings is 1. The number of anilines is 2. The first-order valence-corrected chi connectivity index (χ1v) is 8.11. The molecule has 0 saturated carbocycles. The molecule has 1 aromatic rings. The molecule has 0 radical (unpaired) electrons. The van der Waals surface area contributed by atoms with E-state index < -0.39 is 10.2 Å². The zero-order valence-electron chi connectivity index (χ0n) is 12.2. The Bertz CT molecular complexity index is 578. The highest BCUT2D eigenvalue weighted by atomic mass is 32.2. The van der Waals surface area contributed by atoms with Crippen LogP contribution in [0.2, 0.25) is 0 Å². The van der Waals surface area contributed by atoms with Crippen molar-refractivity contribution >= 4 is 28.0 Å². The van der Waals surface area contributed by atoms with Crippen LogP contribution in [0.25, 0.3) is 0 Å². The van der Waals surface area contributed by atoms with E-state index in [9.17, 15) is 13.2 Å². The van der Waals surface area contributed by atoms with E-state index in [1.165, 1.54) is 14.1 Å². The number of rotatable bonds is 5. The largest absolute Gasteiger partial charge is 0.368 e. The minimum Gasteiger partial charge on any atom is -0.368 e. The van der Waals surface area contributed by atoms with Crippen molar-refractivity contribution < 1.29 is 13.2 Å². The van der Waals surface area contributed by atoms with Crippen LogP contribution in [0.15, 0.2) is 24.3 Å². The van der Waals surface area contributed by atoms with Gasteiger partial charge in [0.05, 0.1) is 0 Å². The highest BCUT2D eigenvalue weighted by Gasteiger charge is 2.16. The molecule has 7 nitrogen and oxygen atoms in total. The van der Waals surface area contributed by atoms with Gasteiger partial charge in [0.2, 0.25) is 6.41 Å². The van der Waals surface area contributed by atoms with Gasteiger partial charge < -0.3 is 9.80 Å². The van der Waals surface area contributed by atoms with E-state index in [-0.39, 0.29) is 0 Å². The Balaban J connectivity index is 2.01. The lowest BCUT2D eigenvalue weighted by molar-refractivity contribution is -0.118. The third-order valence-corrected chi connectivity index (χ3v) is 4.88. The summed E-state index contributed by atoms with van der Waals surface area (Å²) in [6.07, 6.45) is 0.871. The molecule has 1 aliphatic rings. The number of nitrogens with zero attached hydrogens (tertiary/aromatic N) is 3. The van der Waals surface area contributed by atoms with Crippen LogP contribution in [0.5, 0.6) is 0 Å². The number of benzene rings is 1. The minimum absolute atomic E-state index is 0.527. The number of hydrogen-bond donors (Lipinski definition) is 1. The Labute approximate surface area is 125 Å². The lowest BCUT2D eigenvalue weighted by Crippen LogP contribution is -2.45. The van der Waals surface area contributed by atoms with Crippen LogP contribution in [0, 0.1) is 0 Å². The van der Waals surface area contributed by atoms with Crippen LogP contribution in [-0.2, 0) is 15.0 Å². The third kappa shape index (κ3) is 3.85. The van der Waals surface area contributed by atoms with Crippen LogP contribution in [0.4, 0.5) is 11.4 Å². The van der Waals surface area contributed by atoms with E-state index in [0.717, 1.165) is 29.5 Å². The Kier molecular flexibility index (Phi) is 4.69. The molecular weight excluding hydrogens is 292 g/mol. The van der Waals surface area contributed by atoms with Crippen molar-refractivity contribution in [1.82, 2.24) is 9.21 Å². The minimum atomic E-state index is -3.48. The highest BCUT2D eigenvalue weighted by molar-refractivity contribution is 7.90. The van der Waals surface area contributed by atoms with Gasteiger partial charge in [-0.05, 0) is 24.3 Å². The zero-order chi connectivity index (χ0) is 15.5. The molecular formula is C13H20N4O3S. The highest BCUT2D eigenvalue weighted by Crippen LogP contribution is 2.20. The van der Waals surface area contributed by atoms with Crippen LogP contribution in [0.3, 0.4) is 0 Å². The van der Waals surface area contributed by atoms with E-state index in [4.69, 9.17) is 0 Å². The molecule has 0 atom stereocenters. The molecule has 1 N–H and O–H groups in total. The second-order valence-corrected chi connectivity index (χ2v) is 6.95. The summed E-state index contributed by atoms with van der Waals surface area (Å²) in [7, 11) is -0.525. The molecule has 0 bridgehead atoms. The number of hydrogen-bond acceptors (Lipinski definition) is 4. The topological polar surface area (TPSA) is 73.0 Å². The summed E-state index contributed by atoms with van der Waals surface area (Å²) in [5, 5.41) is 0. The molecule has 0 aromatic heterocycles. The molecule has 1 aromatic carbocycles. The Morgan fingerprint density at radius 1 is 1.10 bits per heavy atom. The zero-order valence-corrected chi connectivity index (χ0v) is 13.0. The van der Waals surface area contributed by atoms with E-state index in [0.29, 0.717) is 18.8 Å². The summed E-state index contributed by atoms with van der Waals surface area (Å²) in [5.41, 5.74) is 1.55. The van der Waals surface area contributed by atoms with Crippen LogP contribution in [-0.4, -0.2) is 64.3 Å². The first-order chi connectivity index (χ1) is 9.92. The molecule has 2 rings (SSSR count). The average molecular weight is 312 g/mol. The van der Waals surface area contributed by atoms with Gasteiger partial charge in [-0.1, -0.05) is 0 Å². The van der Waals surface area contributed by atoms with Crippen molar-refractivity contribution in [3.05, 3.63) is 24.3 Å². The molecule has 0 unspecified atom stereocenters. The summed E-state index contributed by atoms with van der Waals surface area (Å²) in [6.45, 7) is 2.97. The van der Waals surface area contributed by atoms with E-state index in [2.05, 4.69) is 9.62 Å². The van der Waals surface area contributed by atoms with Gasteiger partial charge in [-0.15, -0.1) is 0 Å². The fraction of sp³-hybridized carbons (Fsp3) is 0.462. The molecule has 8 heteroatoms. The standard InChI is InChI=1S/C13H20N4O3S/c1-15(2)21(19,20)14-12-3-5-13(6-4-12)17-9-7-16(11-18)8-10-17/h3-6,11,14H,7-10H2,1-2H3. The molecule has 0 aliphatic carbocycles. The van der Waals surface area contributed by atoms with Gasteiger partial charge >= 0.3 is 10.2 Å². The summed E-state index contributed by atoms with van der Waals surface area (Å²) < 4.78 is 27.1. The third-order valence-electron chi connectivity index (χ3n) is 3.42. The Morgan fingerprint density at radius 2 is 1.67 bits per heavy atom. The van der Waals surface area contributed by atoms with Gasteiger partial charge in [0.1, 0.15) is 0 Å². The quantitative estimate of drug-likeness (QED) is 0.788. The predicted molar refractivity (Wildman–Crippen MR) is 82.5 cm³/mol. The maximum atomic E-state index is 11.7. The van der Waals surface area contributed by atoms with E-state index in [1.807, 2.05) is 12.1 Å². The molecule has 1 amide bonds. The summed E-state index contributed by atoms with van der Waals surface area (Å²) in [6, 6.07) is 7.24. The second-order valence-electron chi connectivity index (χ2n) is 5.06. The lowest BCUT2D eigenvalue weighted by atomic mass is 10.2. The first kappa shape index (κ1) is 15.6. The van der Waals surface area contributed by atoms with Crippen LogP contribution in [0.1, 0.15) is 0 Å². The smallest absolute Gasteiger partial charge is 0.301 e. The van der Waals surface area contributed by atoms with Crippen molar-refractivity contribution in [3.63, 3.8) is 0 Å². The van der Waals surface area contributed by atoms with Gasteiger partial charge in [-0.3, -0.25) is 9.52 Å². The monoisotopic (exact) mass is 312 g/mol. The summed E-state index contributed by atoms with van der Waals surface area (Å²) >= 11 is 0. The molecule has 0 spiro atoms. The average Bonchev–Trinajstić information content (AvgIpc) is 2.48. The number of amides is 1. The molecule has 1 saturated heterocycles. The normalized spacial score (nSPS) is 16.1. The maximum Gasteiger partial charge on any atom is 0.301 e. The first-order valence-electron chi connectivity index (χ1n) is 6.67. The predicted octanol–water partition coefficient (Wildman–Crippen LogP) is 0.183. The SMILES string of the molecule is CN(C)S(=O)(=O)Nc1ccc(N2CCN(C=O)CC2)cc1. The van der Waals surface area contributed by atoms with Crippen molar-refractivity contribution in [1.29, 1.82) is 0 Å². The fourth-order valence-electron chi connectivity index (χ4n) is 2.07. The number of carbonyl (C=O) groups excluding carboxylic acids is 1. The number of carbonyl (C=O) groups is 1. The van der Waals surface area contributed by atoms with Gasteiger partial charge in [0.25, 0.3) is 0 Å². The van der Waals surface area contributed by atoms with Gasteiger partial charge in [0, 0.05) is 51.6 Å².